The molecule has 1 fully saturated rings. The summed E-state index contributed by atoms with van der Waals surface area (Å²) in [5.41, 5.74) is -0.168. The van der Waals surface area contributed by atoms with Crippen LogP contribution in [-0.2, 0) is 14.8 Å². The van der Waals surface area contributed by atoms with Crippen molar-refractivity contribution in [2.75, 3.05) is 18.5 Å². The van der Waals surface area contributed by atoms with Crippen molar-refractivity contribution < 1.29 is 18.3 Å². The molecule has 0 spiro atoms. The first-order valence-electron chi connectivity index (χ1n) is 6.02. The lowest BCUT2D eigenvalue weighted by Crippen LogP contribution is -2.43. The van der Waals surface area contributed by atoms with E-state index in [1.54, 1.807) is 12.1 Å². The number of sulfonamides is 1. The zero-order valence-corrected chi connectivity index (χ0v) is 11.5. The van der Waals surface area contributed by atoms with Gasteiger partial charge in [0.25, 0.3) is 0 Å². The van der Waals surface area contributed by atoms with Gasteiger partial charge >= 0.3 is 0 Å². The van der Waals surface area contributed by atoms with Gasteiger partial charge in [0.2, 0.25) is 10.0 Å². The Morgan fingerprint density at radius 1 is 1.47 bits per heavy atom. The number of rotatable bonds is 4. The third-order valence-electron chi connectivity index (χ3n) is 3.44. The highest BCUT2D eigenvalue weighted by atomic mass is 32.2. The first-order chi connectivity index (χ1) is 8.81. The van der Waals surface area contributed by atoms with E-state index in [1.807, 2.05) is 6.92 Å². The fourth-order valence-corrected chi connectivity index (χ4v) is 2.54. The lowest BCUT2D eigenvalue weighted by Gasteiger charge is -2.26. The van der Waals surface area contributed by atoms with Crippen LogP contribution in [0.5, 0.6) is 0 Å². The van der Waals surface area contributed by atoms with E-state index in [4.69, 9.17) is 9.88 Å². The maximum absolute atomic E-state index is 11.1. The Labute approximate surface area is 112 Å². The van der Waals surface area contributed by atoms with Gasteiger partial charge in [0.1, 0.15) is 5.60 Å². The number of aliphatic hydroxyl groups is 1. The molecule has 7 heteroatoms. The molecular weight excluding hydrogens is 268 g/mol. The van der Waals surface area contributed by atoms with Gasteiger partial charge in [0, 0.05) is 25.3 Å². The molecule has 19 heavy (non-hydrogen) atoms. The molecule has 0 bridgehead atoms. The van der Waals surface area contributed by atoms with Crippen LogP contribution < -0.4 is 10.5 Å². The number of hydrogen-bond acceptors (Lipinski definition) is 5. The Kier molecular flexibility index (Phi) is 3.82. The highest BCUT2D eigenvalue weighted by Crippen LogP contribution is 2.26. The summed E-state index contributed by atoms with van der Waals surface area (Å²) in [5, 5.41) is 18.4. The van der Waals surface area contributed by atoms with Gasteiger partial charge in [0.05, 0.1) is 11.0 Å². The minimum absolute atomic E-state index is 0.0642. The molecular formula is C12H18N2O4S. The third kappa shape index (κ3) is 3.24. The predicted molar refractivity (Wildman–Crippen MR) is 71.3 cm³/mol. The molecule has 1 aromatic rings. The predicted octanol–water partition coefficient (Wildman–Crippen LogP) is 0.286. The zero-order valence-electron chi connectivity index (χ0n) is 10.7. The van der Waals surface area contributed by atoms with E-state index in [-0.39, 0.29) is 11.0 Å². The number of nitrogens with two attached hydrogens (primary N) is 1. The maximum Gasteiger partial charge on any atom is 0.238 e. The molecule has 1 aliphatic heterocycles. The molecule has 1 saturated heterocycles. The highest BCUT2D eigenvalue weighted by molar-refractivity contribution is 7.89. The molecule has 1 aromatic carbocycles. The fourth-order valence-electron chi connectivity index (χ4n) is 2.02. The summed E-state index contributed by atoms with van der Waals surface area (Å²) in [7, 11) is -3.67. The minimum Gasteiger partial charge on any atom is -0.385 e. The van der Waals surface area contributed by atoms with Crippen LogP contribution in [0, 0.1) is 0 Å². The molecule has 106 valence electrons. The van der Waals surface area contributed by atoms with Crippen molar-refractivity contribution in [2.24, 2.45) is 5.14 Å². The van der Waals surface area contributed by atoms with Crippen molar-refractivity contribution >= 4 is 15.7 Å². The molecule has 4 N–H and O–H groups in total. The van der Waals surface area contributed by atoms with Gasteiger partial charge in [-0.05, 0) is 31.2 Å². The van der Waals surface area contributed by atoms with Gasteiger partial charge in [0.15, 0.2) is 0 Å². The van der Waals surface area contributed by atoms with Crippen molar-refractivity contribution in [3.05, 3.63) is 24.3 Å². The van der Waals surface area contributed by atoms with E-state index >= 15 is 0 Å². The molecule has 0 amide bonds. The number of ether oxygens (including phenoxy) is 1. The zero-order chi connectivity index (χ0) is 14.1. The van der Waals surface area contributed by atoms with E-state index in [0.29, 0.717) is 19.6 Å². The second kappa shape index (κ2) is 5.09. The first kappa shape index (κ1) is 14.3. The van der Waals surface area contributed by atoms with Crippen LogP contribution in [0.25, 0.3) is 0 Å². The summed E-state index contributed by atoms with van der Waals surface area (Å²) < 4.78 is 27.5. The van der Waals surface area contributed by atoms with E-state index in [9.17, 15) is 13.5 Å². The van der Waals surface area contributed by atoms with Crippen molar-refractivity contribution in [3.63, 3.8) is 0 Å². The van der Waals surface area contributed by atoms with E-state index in [0.717, 1.165) is 5.69 Å². The second-order valence-corrected chi connectivity index (χ2v) is 6.35. The molecule has 6 nitrogen and oxygen atoms in total. The number of anilines is 1. The summed E-state index contributed by atoms with van der Waals surface area (Å²) in [4.78, 5) is 0.0642. The van der Waals surface area contributed by atoms with Crippen LogP contribution in [0.3, 0.4) is 0 Å². The maximum atomic E-state index is 11.1. The lowest BCUT2D eigenvalue weighted by atomic mass is 9.96. The molecule has 0 radical (unpaired) electrons. The van der Waals surface area contributed by atoms with Gasteiger partial charge in [-0.15, -0.1) is 0 Å². The standard InChI is InChI=1S/C12H18N2O4S/c1-9-12(15,6-7-18-9)8-14-10-2-4-11(5-3-10)19(13,16)17/h2-5,9,14-15H,6-8H2,1H3,(H2,13,16,17). The van der Waals surface area contributed by atoms with Gasteiger partial charge < -0.3 is 15.2 Å². The Bertz CT molecular complexity index is 543. The molecule has 0 aromatic heterocycles. The van der Waals surface area contributed by atoms with E-state index in [1.165, 1.54) is 12.1 Å². The topological polar surface area (TPSA) is 102 Å². The number of hydrogen-bond donors (Lipinski definition) is 3. The summed E-state index contributed by atoms with van der Waals surface area (Å²) in [6.07, 6.45) is 0.361. The van der Waals surface area contributed by atoms with Crippen LogP contribution in [0.2, 0.25) is 0 Å². The number of primary sulfonamides is 1. The van der Waals surface area contributed by atoms with Crippen molar-refractivity contribution in [2.45, 2.75) is 29.9 Å². The van der Waals surface area contributed by atoms with Crippen LogP contribution >= 0.6 is 0 Å². The molecule has 2 atom stereocenters. The van der Waals surface area contributed by atoms with Gasteiger partial charge in [-0.1, -0.05) is 0 Å². The van der Waals surface area contributed by atoms with Crippen molar-refractivity contribution in [1.82, 2.24) is 0 Å². The summed E-state index contributed by atoms with van der Waals surface area (Å²) in [6.45, 7) is 2.73. The quantitative estimate of drug-likeness (QED) is 0.738. The summed E-state index contributed by atoms with van der Waals surface area (Å²) in [6, 6.07) is 6.08. The third-order valence-corrected chi connectivity index (χ3v) is 4.37. The SMILES string of the molecule is CC1OCCC1(O)CNc1ccc(S(N)(=O)=O)cc1. The highest BCUT2D eigenvalue weighted by Gasteiger charge is 2.39. The normalized spacial score (nSPS) is 27.4. The fraction of sp³-hybridized carbons (Fsp3) is 0.500. The Balaban J connectivity index is 2.01. The molecule has 0 aliphatic carbocycles. The Hall–Kier alpha value is -1.15. The summed E-state index contributed by atoms with van der Waals surface area (Å²) >= 11 is 0. The monoisotopic (exact) mass is 286 g/mol. The van der Waals surface area contributed by atoms with Crippen molar-refractivity contribution in [1.29, 1.82) is 0 Å². The average molecular weight is 286 g/mol. The number of nitrogens with one attached hydrogen (secondary N) is 1. The van der Waals surface area contributed by atoms with E-state index in [2.05, 4.69) is 5.32 Å². The minimum atomic E-state index is -3.67. The van der Waals surface area contributed by atoms with Crippen LogP contribution in [0.1, 0.15) is 13.3 Å². The van der Waals surface area contributed by atoms with Gasteiger partial charge in [-0.25, -0.2) is 13.6 Å². The van der Waals surface area contributed by atoms with Crippen LogP contribution in [0.4, 0.5) is 5.69 Å². The van der Waals surface area contributed by atoms with Crippen LogP contribution in [0.15, 0.2) is 29.2 Å². The molecule has 2 rings (SSSR count). The van der Waals surface area contributed by atoms with Gasteiger partial charge in [-0.2, -0.15) is 0 Å². The van der Waals surface area contributed by atoms with Crippen molar-refractivity contribution in [3.8, 4) is 0 Å². The smallest absolute Gasteiger partial charge is 0.238 e. The summed E-state index contributed by atoms with van der Waals surface area (Å²) in [5.74, 6) is 0. The molecule has 1 heterocycles. The Morgan fingerprint density at radius 2 is 2.11 bits per heavy atom. The first-order valence-corrected chi connectivity index (χ1v) is 7.57. The second-order valence-electron chi connectivity index (χ2n) is 4.79. The molecule has 0 saturated carbocycles. The van der Waals surface area contributed by atoms with E-state index < -0.39 is 15.6 Å². The number of benzene rings is 1. The largest absolute Gasteiger partial charge is 0.385 e. The lowest BCUT2D eigenvalue weighted by molar-refractivity contribution is -0.0175. The van der Waals surface area contributed by atoms with Crippen LogP contribution in [-0.4, -0.2) is 38.4 Å². The Morgan fingerprint density at radius 3 is 2.58 bits per heavy atom. The molecule has 1 aliphatic rings. The molecule has 2 unspecified atom stereocenters. The van der Waals surface area contributed by atoms with Gasteiger partial charge in [-0.3, -0.25) is 0 Å². The average Bonchev–Trinajstić information content (AvgIpc) is 2.67.